The number of nitrogens with zero attached hydrogens (tertiary/aromatic N) is 3. The predicted octanol–water partition coefficient (Wildman–Crippen LogP) is 4.22. The lowest BCUT2D eigenvalue weighted by Gasteiger charge is -1.98. The zero-order valence-electron chi connectivity index (χ0n) is 13.1. The molecule has 1 heterocycles. The van der Waals surface area contributed by atoms with Crippen LogP contribution >= 0.6 is 0 Å². The number of non-ortho nitro benzene ring substituents is 2. The van der Waals surface area contributed by atoms with E-state index in [4.69, 9.17) is 4.42 Å². The topological polar surface area (TPSA) is 132 Å². The van der Waals surface area contributed by atoms with Gasteiger partial charge in [0.15, 0.2) is 0 Å². The van der Waals surface area contributed by atoms with Gasteiger partial charge in [-0.1, -0.05) is 0 Å². The number of nitro benzene ring substituents is 2. The minimum Gasteiger partial charge on any atom is -0.506 e. The van der Waals surface area contributed by atoms with Gasteiger partial charge in [-0.25, -0.2) is 4.99 Å². The average Bonchev–Trinajstić information content (AvgIpc) is 3.10. The SMILES string of the molecule is O=[N+]([O-])c1ccc(-c2ccc(/C=N/c3cc([N+](=O)[O-])ccc3O)o2)cc1. The summed E-state index contributed by atoms with van der Waals surface area (Å²) < 4.78 is 5.57. The van der Waals surface area contributed by atoms with Gasteiger partial charge in [-0.15, -0.1) is 0 Å². The standard InChI is InChI=1S/C17H11N3O6/c21-16-7-5-13(20(24)25)9-15(16)18-10-14-6-8-17(26-14)11-1-3-12(4-2-11)19(22)23/h1-10,21H/b18-10+. The maximum Gasteiger partial charge on any atom is 0.271 e. The van der Waals surface area contributed by atoms with Crippen LogP contribution in [0.25, 0.3) is 11.3 Å². The monoisotopic (exact) mass is 353 g/mol. The molecule has 9 heteroatoms. The summed E-state index contributed by atoms with van der Waals surface area (Å²) in [5, 5.41) is 31.2. The van der Waals surface area contributed by atoms with Crippen LogP contribution in [0, 0.1) is 20.2 Å². The number of benzene rings is 2. The molecule has 0 bridgehead atoms. The lowest BCUT2D eigenvalue weighted by molar-refractivity contribution is -0.385. The lowest BCUT2D eigenvalue weighted by Crippen LogP contribution is -1.87. The summed E-state index contributed by atoms with van der Waals surface area (Å²) in [4.78, 5) is 24.4. The highest BCUT2D eigenvalue weighted by Gasteiger charge is 2.10. The van der Waals surface area contributed by atoms with E-state index in [1.54, 1.807) is 24.3 Å². The molecule has 0 amide bonds. The Morgan fingerprint density at radius 1 is 0.923 bits per heavy atom. The van der Waals surface area contributed by atoms with Crippen molar-refractivity contribution in [1.29, 1.82) is 0 Å². The molecule has 3 rings (SSSR count). The van der Waals surface area contributed by atoms with Gasteiger partial charge in [-0.3, -0.25) is 20.2 Å². The van der Waals surface area contributed by atoms with Gasteiger partial charge in [0.2, 0.25) is 0 Å². The van der Waals surface area contributed by atoms with Gasteiger partial charge in [0, 0.05) is 29.8 Å². The summed E-state index contributed by atoms with van der Waals surface area (Å²) in [5.74, 6) is 0.628. The molecule has 130 valence electrons. The van der Waals surface area contributed by atoms with E-state index < -0.39 is 9.85 Å². The smallest absolute Gasteiger partial charge is 0.271 e. The van der Waals surface area contributed by atoms with Crippen molar-refractivity contribution < 1.29 is 19.4 Å². The molecule has 0 spiro atoms. The maximum atomic E-state index is 10.8. The van der Waals surface area contributed by atoms with Crippen molar-refractivity contribution in [1.82, 2.24) is 0 Å². The van der Waals surface area contributed by atoms with Gasteiger partial charge < -0.3 is 9.52 Å². The zero-order chi connectivity index (χ0) is 18.7. The van der Waals surface area contributed by atoms with Crippen molar-refractivity contribution in [2.75, 3.05) is 0 Å². The van der Waals surface area contributed by atoms with Gasteiger partial charge in [-0.05, 0) is 30.3 Å². The summed E-state index contributed by atoms with van der Waals surface area (Å²) in [7, 11) is 0. The van der Waals surface area contributed by atoms with E-state index in [-0.39, 0.29) is 22.8 Å². The van der Waals surface area contributed by atoms with Crippen LogP contribution in [-0.4, -0.2) is 21.2 Å². The summed E-state index contributed by atoms with van der Waals surface area (Å²) in [6, 6.07) is 12.6. The highest BCUT2D eigenvalue weighted by molar-refractivity contribution is 5.81. The Labute approximate surface area is 146 Å². The summed E-state index contributed by atoms with van der Waals surface area (Å²) in [6.45, 7) is 0. The lowest BCUT2D eigenvalue weighted by atomic mass is 10.1. The van der Waals surface area contributed by atoms with Gasteiger partial charge >= 0.3 is 0 Å². The summed E-state index contributed by atoms with van der Waals surface area (Å²) in [5.41, 5.74) is 0.463. The van der Waals surface area contributed by atoms with E-state index >= 15 is 0 Å². The number of rotatable bonds is 5. The number of hydrogen-bond donors (Lipinski definition) is 1. The fourth-order valence-corrected chi connectivity index (χ4v) is 2.19. The first-order valence-corrected chi connectivity index (χ1v) is 7.30. The summed E-state index contributed by atoms with van der Waals surface area (Å²) >= 11 is 0. The Morgan fingerprint density at radius 2 is 1.58 bits per heavy atom. The van der Waals surface area contributed by atoms with Crippen LogP contribution in [0.15, 0.2) is 64.0 Å². The van der Waals surface area contributed by atoms with Crippen molar-refractivity contribution in [3.05, 3.63) is 80.6 Å². The molecule has 3 aromatic rings. The quantitative estimate of drug-likeness (QED) is 0.415. The van der Waals surface area contributed by atoms with E-state index in [2.05, 4.69) is 4.99 Å². The Balaban J connectivity index is 1.82. The molecule has 2 aromatic carbocycles. The molecule has 0 aliphatic rings. The molecule has 0 radical (unpaired) electrons. The number of nitro groups is 2. The number of hydrogen-bond acceptors (Lipinski definition) is 7. The van der Waals surface area contributed by atoms with E-state index in [0.717, 1.165) is 6.07 Å². The zero-order valence-corrected chi connectivity index (χ0v) is 13.1. The van der Waals surface area contributed by atoms with E-state index in [9.17, 15) is 25.3 Å². The fourth-order valence-electron chi connectivity index (χ4n) is 2.19. The second-order valence-corrected chi connectivity index (χ2v) is 5.19. The summed E-state index contributed by atoms with van der Waals surface area (Å²) in [6.07, 6.45) is 1.31. The average molecular weight is 353 g/mol. The first kappa shape index (κ1) is 16.8. The van der Waals surface area contributed by atoms with Crippen LogP contribution in [0.2, 0.25) is 0 Å². The van der Waals surface area contributed by atoms with Gasteiger partial charge in [0.1, 0.15) is 23.0 Å². The first-order valence-electron chi connectivity index (χ1n) is 7.30. The highest BCUT2D eigenvalue weighted by atomic mass is 16.6. The van der Waals surface area contributed by atoms with Crippen molar-refractivity contribution in [3.63, 3.8) is 0 Å². The minimum absolute atomic E-state index is 0.0248. The Hall–Kier alpha value is -4.01. The van der Waals surface area contributed by atoms with Crippen molar-refractivity contribution >= 4 is 23.3 Å². The third kappa shape index (κ3) is 3.56. The normalized spacial score (nSPS) is 10.9. The Kier molecular flexibility index (Phi) is 4.44. The van der Waals surface area contributed by atoms with Gasteiger partial charge in [0.05, 0.1) is 16.1 Å². The molecule has 0 saturated heterocycles. The van der Waals surface area contributed by atoms with E-state index in [0.29, 0.717) is 17.1 Å². The Morgan fingerprint density at radius 3 is 2.23 bits per heavy atom. The van der Waals surface area contributed by atoms with Crippen LogP contribution in [-0.2, 0) is 0 Å². The fraction of sp³-hybridized carbons (Fsp3) is 0. The molecule has 0 unspecified atom stereocenters. The van der Waals surface area contributed by atoms with Crippen molar-refractivity contribution in [2.24, 2.45) is 4.99 Å². The molecule has 9 nitrogen and oxygen atoms in total. The molecule has 0 saturated carbocycles. The number of aromatic hydroxyl groups is 1. The number of phenolic OH excluding ortho intramolecular Hbond substituents is 1. The molecule has 0 atom stereocenters. The maximum absolute atomic E-state index is 10.8. The third-order valence-corrected chi connectivity index (χ3v) is 3.49. The Bertz CT molecular complexity index is 1010. The molecule has 26 heavy (non-hydrogen) atoms. The molecule has 0 aliphatic carbocycles. The highest BCUT2D eigenvalue weighted by Crippen LogP contribution is 2.30. The van der Waals surface area contributed by atoms with E-state index in [1.165, 1.54) is 30.5 Å². The number of phenols is 1. The van der Waals surface area contributed by atoms with Crippen LogP contribution in [0.1, 0.15) is 5.76 Å². The van der Waals surface area contributed by atoms with E-state index in [1.807, 2.05) is 0 Å². The molecule has 1 N–H and O–H groups in total. The molecule has 0 aliphatic heterocycles. The number of furan rings is 1. The van der Waals surface area contributed by atoms with Crippen molar-refractivity contribution in [3.8, 4) is 17.1 Å². The third-order valence-electron chi connectivity index (χ3n) is 3.49. The van der Waals surface area contributed by atoms with Crippen LogP contribution in [0.5, 0.6) is 5.75 Å². The molecule has 1 aromatic heterocycles. The second-order valence-electron chi connectivity index (χ2n) is 5.19. The van der Waals surface area contributed by atoms with Gasteiger partial charge in [0.25, 0.3) is 11.4 Å². The molecular weight excluding hydrogens is 342 g/mol. The van der Waals surface area contributed by atoms with Crippen molar-refractivity contribution in [2.45, 2.75) is 0 Å². The minimum atomic E-state index is -0.585. The predicted molar refractivity (Wildman–Crippen MR) is 92.8 cm³/mol. The van der Waals surface area contributed by atoms with Crippen LogP contribution < -0.4 is 0 Å². The second kappa shape index (κ2) is 6.85. The van der Waals surface area contributed by atoms with Gasteiger partial charge in [-0.2, -0.15) is 0 Å². The molecule has 0 fully saturated rings. The number of aliphatic imine (C=N–C) groups is 1. The largest absolute Gasteiger partial charge is 0.506 e. The molecular formula is C17H11N3O6. The van der Waals surface area contributed by atoms with Crippen LogP contribution in [0.4, 0.5) is 17.1 Å². The van der Waals surface area contributed by atoms with Crippen LogP contribution in [0.3, 0.4) is 0 Å². The first-order chi connectivity index (χ1) is 12.4.